The number of nitrogens with one attached hydrogen (secondary N) is 1. The molecule has 0 saturated carbocycles. The van der Waals surface area contributed by atoms with E-state index in [1.165, 1.54) is 37.3 Å². The Balaban J connectivity index is 2.01. The molecule has 156 valence electrons. The van der Waals surface area contributed by atoms with Crippen LogP contribution in [0.1, 0.15) is 44.0 Å². The number of hydrogen-bond donors (Lipinski definition) is 1. The lowest BCUT2D eigenvalue weighted by atomic mass is 10.2. The van der Waals surface area contributed by atoms with Crippen molar-refractivity contribution in [2.45, 2.75) is 39.7 Å². The highest BCUT2D eigenvalue weighted by Gasteiger charge is 2.20. The minimum absolute atomic E-state index is 0.248. The van der Waals surface area contributed by atoms with Gasteiger partial charge in [0.2, 0.25) is 0 Å². The summed E-state index contributed by atoms with van der Waals surface area (Å²) in [7, 11) is 0. The molecule has 2 aromatic carbocycles. The van der Waals surface area contributed by atoms with Gasteiger partial charge in [-0.25, -0.2) is 9.18 Å². The molecular weight excluding hydrogens is 377 g/mol. The van der Waals surface area contributed by atoms with E-state index in [-0.39, 0.29) is 5.56 Å². The molecule has 0 spiro atoms. The van der Waals surface area contributed by atoms with Crippen LogP contribution in [0.5, 0.6) is 11.5 Å². The zero-order chi connectivity index (χ0) is 21.2. The summed E-state index contributed by atoms with van der Waals surface area (Å²) in [4.78, 5) is 24.6. The second-order valence-electron chi connectivity index (χ2n) is 6.34. The molecule has 29 heavy (non-hydrogen) atoms. The molecule has 0 aliphatic carbocycles. The summed E-state index contributed by atoms with van der Waals surface area (Å²) in [6, 6.07) is 10.1. The second kappa shape index (κ2) is 11.0. The lowest BCUT2D eigenvalue weighted by Gasteiger charge is -2.15. The van der Waals surface area contributed by atoms with Crippen molar-refractivity contribution in [3.05, 3.63) is 53.8 Å². The summed E-state index contributed by atoms with van der Waals surface area (Å²) in [5, 5.41) is 2.57. The van der Waals surface area contributed by atoms with Crippen molar-refractivity contribution in [1.29, 1.82) is 0 Å². The largest absolute Gasteiger partial charge is 0.490 e. The van der Waals surface area contributed by atoms with E-state index in [0.717, 1.165) is 12.8 Å². The maximum Gasteiger partial charge on any atom is 0.339 e. The lowest BCUT2D eigenvalue weighted by molar-refractivity contribution is -0.123. The zero-order valence-corrected chi connectivity index (χ0v) is 16.9. The van der Waals surface area contributed by atoms with Gasteiger partial charge in [0.05, 0.1) is 18.8 Å². The van der Waals surface area contributed by atoms with Crippen molar-refractivity contribution < 1.29 is 28.2 Å². The normalized spacial score (nSPS) is 11.4. The summed E-state index contributed by atoms with van der Waals surface area (Å²) >= 11 is 0. The monoisotopic (exact) mass is 403 g/mol. The average molecular weight is 403 g/mol. The van der Waals surface area contributed by atoms with Crippen molar-refractivity contribution in [2.24, 2.45) is 0 Å². The highest BCUT2D eigenvalue weighted by molar-refractivity contribution is 5.97. The van der Waals surface area contributed by atoms with Gasteiger partial charge in [-0.05, 0) is 62.7 Å². The van der Waals surface area contributed by atoms with Crippen molar-refractivity contribution in [2.75, 3.05) is 18.5 Å². The molecule has 7 heteroatoms. The van der Waals surface area contributed by atoms with E-state index in [2.05, 4.69) is 12.2 Å². The van der Waals surface area contributed by atoms with Gasteiger partial charge >= 0.3 is 5.97 Å². The third kappa shape index (κ3) is 6.78. The van der Waals surface area contributed by atoms with Gasteiger partial charge in [-0.1, -0.05) is 13.3 Å². The Morgan fingerprint density at radius 3 is 2.41 bits per heavy atom. The van der Waals surface area contributed by atoms with Gasteiger partial charge in [-0.2, -0.15) is 0 Å². The standard InChI is InChI=1S/C22H26FNO5/c1-4-6-13-28-19-12-7-16(14-20(19)27-5-2)22(26)29-15(3)21(25)24-18-10-8-17(23)9-11-18/h7-12,14-15H,4-6,13H2,1-3H3,(H,24,25)/t15-/m1/s1. The molecule has 0 unspecified atom stereocenters. The molecule has 2 rings (SSSR count). The predicted octanol–water partition coefficient (Wildman–Crippen LogP) is 4.59. The summed E-state index contributed by atoms with van der Waals surface area (Å²) in [5.41, 5.74) is 0.657. The minimum atomic E-state index is -1.04. The van der Waals surface area contributed by atoms with Gasteiger partial charge in [0.15, 0.2) is 17.6 Å². The predicted molar refractivity (Wildman–Crippen MR) is 108 cm³/mol. The summed E-state index contributed by atoms with van der Waals surface area (Å²) in [6.45, 7) is 6.34. The van der Waals surface area contributed by atoms with E-state index in [0.29, 0.717) is 30.4 Å². The van der Waals surface area contributed by atoms with E-state index < -0.39 is 23.8 Å². The molecule has 0 heterocycles. The molecule has 0 fully saturated rings. The molecule has 6 nitrogen and oxygen atoms in total. The Kier molecular flexibility index (Phi) is 8.45. The molecule has 0 bridgehead atoms. The van der Waals surface area contributed by atoms with Gasteiger partial charge < -0.3 is 19.5 Å². The first-order valence-corrected chi connectivity index (χ1v) is 9.61. The Morgan fingerprint density at radius 2 is 1.76 bits per heavy atom. The number of unbranched alkanes of at least 4 members (excludes halogenated alkanes) is 1. The van der Waals surface area contributed by atoms with Gasteiger partial charge in [0, 0.05) is 5.69 Å². The number of esters is 1. The molecule has 0 aliphatic rings. The van der Waals surface area contributed by atoms with Gasteiger partial charge in [0.25, 0.3) is 5.91 Å². The van der Waals surface area contributed by atoms with E-state index >= 15 is 0 Å². The van der Waals surface area contributed by atoms with Crippen LogP contribution in [0.15, 0.2) is 42.5 Å². The number of carbonyl (C=O) groups is 2. The number of ether oxygens (including phenoxy) is 3. The molecule has 2 aromatic rings. The van der Waals surface area contributed by atoms with E-state index in [1.54, 1.807) is 12.1 Å². The van der Waals surface area contributed by atoms with Crippen LogP contribution in [-0.2, 0) is 9.53 Å². The smallest absolute Gasteiger partial charge is 0.339 e. The van der Waals surface area contributed by atoms with Crippen LogP contribution in [0, 0.1) is 5.82 Å². The summed E-state index contributed by atoms with van der Waals surface area (Å²) in [5.74, 6) is -0.586. The Labute approximate surface area is 170 Å². The number of carbonyl (C=O) groups excluding carboxylic acids is 2. The fourth-order valence-corrected chi connectivity index (χ4v) is 2.41. The van der Waals surface area contributed by atoms with Crippen LogP contribution in [0.2, 0.25) is 0 Å². The fraction of sp³-hybridized carbons (Fsp3) is 0.364. The molecule has 0 aromatic heterocycles. The van der Waals surface area contributed by atoms with E-state index in [1.807, 2.05) is 6.92 Å². The van der Waals surface area contributed by atoms with E-state index in [4.69, 9.17) is 14.2 Å². The van der Waals surface area contributed by atoms with Crippen molar-refractivity contribution in [3.8, 4) is 11.5 Å². The molecule has 0 aliphatic heterocycles. The third-order valence-electron chi connectivity index (χ3n) is 4.00. The topological polar surface area (TPSA) is 73.9 Å². The van der Waals surface area contributed by atoms with Gasteiger partial charge in [-0.3, -0.25) is 4.79 Å². The highest BCUT2D eigenvalue weighted by Crippen LogP contribution is 2.29. The lowest BCUT2D eigenvalue weighted by Crippen LogP contribution is -2.30. The van der Waals surface area contributed by atoms with Crippen LogP contribution >= 0.6 is 0 Å². The van der Waals surface area contributed by atoms with Crippen molar-refractivity contribution >= 4 is 17.6 Å². The van der Waals surface area contributed by atoms with Gasteiger partial charge in [0.1, 0.15) is 5.82 Å². The SMILES string of the molecule is CCCCOc1ccc(C(=O)O[C@H](C)C(=O)Nc2ccc(F)cc2)cc1OCC. The average Bonchev–Trinajstić information content (AvgIpc) is 2.71. The zero-order valence-electron chi connectivity index (χ0n) is 16.9. The van der Waals surface area contributed by atoms with Gasteiger partial charge in [-0.15, -0.1) is 0 Å². The molecule has 0 saturated heterocycles. The number of amides is 1. The molecule has 1 atom stereocenters. The van der Waals surface area contributed by atoms with Crippen molar-refractivity contribution in [1.82, 2.24) is 0 Å². The van der Waals surface area contributed by atoms with Crippen LogP contribution in [0.4, 0.5) is 10.1 Å². The van der Waals surface area contributed by atoms with Crippen LogP contribution in [0.3, 0.4) is 0 Å². The highest BCUT2D eigenvalue weighted by atomic mass is 19.1. The van der Waals surface area contributed by atoms with E-state index in [9.17, 15) is 14.0 Å². The van der Waals surface area contributed by atoms with Crippen LogP contribution < -0.4 is 14.8 Å². The molecule has 1 N–H and O–H groups in total. The summed E-state index contributed by atoms with van der Waals surface area (Å²) < 4.78 is 29.4. The Morgan fingerprint density at radius 1 is 1.03 bits per heavy atom. The number of hydrogen-bond acceptors (Lipinski definition) is 5. The first kappa shape index (κ1) is 22.2. The number of halogens is 1. The maximum absolute atomic E-state index is 12.9. The molecule has 0 radical (unpaired) electrons. The summed E-state index contributed by atoms with van der Waals surface area (Å²) in [6.07, 6.45) is 0.881. The quantitative estimate of drug-likeness (QED) is 0.464. The Bertz CT molecular complexity index is 822. The Hall–Kier alpha value is -3.09. The number of benzene rings is 2. The fourth-order valence-electron chi connectivity index (χ4n) is 2.41. The second-order valence-corrected chi connectivity index (χ2v) is 6.34. The van der Waals surface area contributed by atoms with Crippen LogP contribution in [-0.4, -0.2) is 31.2 Å². The first-order chi connectivity index (χ1) is 13.9. The number of rotatable bonds is 10. The minimum Gasteiger partial charge on any atom is -0.490 e. The maximum atomic E-state index is 12.9. The first-order valence-electron chi connectivity index (χ1n) is 9.61. The van der Waals surface area contributed by atoms with Crippen LogP contribution in [0.25, 0.3) is 0 Å². The van der Waals surface area contributed by atoms with Crippen molar-refractivity contribution in [3.63, 3.8) is 0 Å². The molecule has 1 amide bonds. The molecular formula is C22H26FNO5. The third-order valence-corrected chi connectivity index (χ3v) is 4.00. The number of anilines is 1.